The molecule has 1 N–H and O–H groups in total. The van der Waals surface area contributed by atoms with Gasteiger partial charge in [0.05, 0.1) is 19.0 Å². The van der Waals surface area contributed by atoms with Crippen LogP contribution in [0.5, 0.6) is 0 Å². The van der Waals surface area contributed by atoms with E-state index < -0.39 is 0 Å². The lowest BCUT2D eigenvalue weighted by molar-refractivity contribution is -0.141. The van der Waals surface area contributed by atoms with Gasteiger partial charge < -0.3 is 14.8 Å². The third kappa shape index (κ3) is 3.78. The normalized spacial score (nSPS) is 16.1. The summed E-state index contributed by atoms with van der Waals surface area (Å²) in [4.78, 5) is 23.0. The summed E-state index contributed by atoms with van der Waals surface area (Å²) in [5, 5.41) is 6.77. The van der Waals surface area contributed by atoms with E-state index in [1.54, 1.807) is 6.20 Å². The molecule has 1 aliphatic rings. The molecule has 1 fully saturated rings. The highest BCUT2D eigenvalue weighted by Crippen LogP contribution is 2.17. The maximum absolute atomic E-state index is 12.0. The number of amides is 1. The molecule has 1 aromatic heterocycles. The Labute approximate surface area is 110 Å². The fraction of sp³-hybridized carbons (Fsp3) is 0.583. The zero-order chi connectivity index (χ0) is 13.7. The van der Waals surface area contributed by atoms with Gasteiger partial charge in [-0.15, -0.1) is 0 Å². The predicted octanol–water partition coefficient (Wildman–Crippen LogP) is 0.421. The fourth-order valence-electron chi connectivity index (χ4n) is 1.92. The van der Waals surface area contributed by atoms with Crippen molar-refractivity contribution >= 4 is 17.6 Å². The van der Waals surface area contributed by atoms with Crippen molar-refractivity contribution in [2.45, 2.75) is 19.4 Å². The molecule has 1 aromatic rings. The summed E-state index contributed by atoms with van der Waals surface area (Å²) in [5.74, 6) is -0.427. The predicted molar refractivity (Wildman–Crippen MR) is 66.4 cm³/mol. The molecule has 2 rings (SSSR count). The van der Waals surface area contributed by atoms with E-state index in [0.29, 0.717) is 18.9 Å². The van der Waals surface area contributed by atoms with Crippen LogP contribution in [0.4, 0.5) is 5.69 Å². The summed E-state index contributed by atoms with van der Waals surface area (Å²) in [6, 6.07) is 0. The second-order valence-electron chi connectivity index (χ2n) is 4.38. The first kappa shape index (κ1) is 13.5. The highest BCUT2D eigenvalue weighted by Gasteiger charge is 2.21. The van der Waals surface area contributed by atoms with Crippen LogP contribution in [0.3, 0.4) is 0 Å². The Balaban J connectivity index is 1.88. The van der Waals surface area contributed by atoms with Crippen LogP contribution in [-0.4, -0.2) is 42.0 Å². The first-order chi connectivity index (χ1) is 9.19. The van der Waals surface area contributed by atoms with Gasteiger partial charge in [0.1, 0.15) is 6.54 Å². The van der Waals surface area contributed by atoms with E-state index in [9.17, 15) is 9.59 Å². The fourth-order valence-corrected chi connectivity index (χ4v) is 1.92. The molecule has 0 spiro atoms. The summed E-state index contributed by atoms with van der Waals surface area (Å²) < 4.78 is 11.2. The van der Waals surface area contributed by atoms with Crippen LogP contribution >= 0.6 is 0 Å². The summed E-state index contributed by atoms with van der Waals surface area (Å²) in [6.07, 6.45) is 4.60. The molecule has 0 aliphatic carbocycles. The van der Waals surface area contributed by atoms with Gasteiger partial charge in [-0.25, -0.2) is 0 Å². The first-order valence-corrected chi connectivity index (χ1v) is 6.17. The zero-order valence-electron chi connectivity index (χ0n) is 10.8. The van der Waals surface area contributed by atoms with Crippen molar-refractivity contribution < 1.29 is 19.1 Å². The number of rotatable bonds is 4. The van der Waals surface area contributed by atoms with Gasteiger partial charge in [-0.05, 0) is 12.8 Å². The van der Waals surface area contributed by atoms with Crippen LogP contribution in [0.2, 0.25) is 0 Å². The average molecular weight is 267 g/mol. The summed E-state index contributed by atoms with van der Waals surface area (Å²) in [6.45, 7) is 1.28. The van der Waals surface area contributed by atoms with Gasteiger partial charge in [-0.3, -0.25) is 14.3 Å². The molecule has 7 nitrogen and oxygen atoms in total. The molecule has 7 heteroatoms. The molecule has 0 radical (unpaired) electrons. The number of nitrogens with zero attached hydrogens (tertiary/aromatic N) is 2. The van der Waals surface area contributed by atoms with Gasteiger partial charge in [-0.2, -0.15) is 5.10 Å². The van der Waals surface area contributed by atoms with Crippen LogP contribution < -0.4 is 5.32 Å². The number of hydrogen-bond donors (Lipinski definition) is 1. The van der Waals surface area contributed by atoms with E-state index in [2.05, 4.69) is 15.2 Å². The summed E-state index contributed by atoms with van der Waals surface area (Å²) >= 11 is 0. The smallest absolute Gasteiger partial charge is 0.327 e. The number of anilines is 1. The molecule has 0 unspecified atom stereocenters. The van der Waals surface area contributed by atoms with Gasteiger partial charge in [0.25, 0.3) is 0 Å². The lowest BCUT2D eigenvalue weighted by atomic mass is 9.99. The van der Waals surface area contributed by atoms with Crippen molar-refractivity contribution in [3.8, 4) is 0 Å². The van der Waals surface area contributed by atoms with Crippen LogP contribution in [0.1, 0.15) is 12.8 Å². The molecule has 0 atom stereocenters. The third-order valence-electron chi connectivity index (χ3n) is 3.01. The molecule has 0 saturated carbocycles. The van der Waals surface area contributed by atoms with Crippen molar-refractivity contribution in [1.82, 2.24) is 9.78 Å². The monoisotopic (exact) mass is 267 g/mol. The number of nitrogens with one attached hydrogen (secondary N) is 1. The third-order valence-corrected chi connectivity index (χ3v) is 3.01. The average Bonchev–Trinajstić information content (AvgIpc) is 2.86. The van der Waals surface area contributed by atoms with E-state index in [4.69, 9.17) is 4.74 Å². The Morgan fingerprint density at radius 3 is 2.95 bits per heavy atom. The van der Waals surface area contributed by atoms with E-state index in [-0.39, 0.29) is 24.3 Å². The highest BCUT2D eigenvalue weighted by atomic mass is 16.5. The summed E-state index contributed by atoms with van der Waals surface area (Å²) in [5.41, 5.74) is 0.584. The largest absolute Gasteiger partial charge is 0.468 e. The van der Waals surface area contributed by atoms with E-state index in [0.717, 1.165) is 12.8 Å². The lowest BCUT2D eigenvalue weighted by Gasteiger charge is -2.20. The van der Waals surface area contributed by atoms with E-state index >= 15 is 0 Å². The molecule has 0 aromatic carbocycles. The standard InChI is InChI=1S/C12H17N3O4/c1-18-11(16)8-15-7-10(6-13-15)14-12(17)9-2-4-19-5-3-9/h6-7,9H,2-5,8H2,1H3,(H,14,17). The molecular formula is C12H17N3O4. The maximum Gasteiger partial charge on any atom is 0.327 e. The minimum atomic E-state index is -0.384. The Bertz CT molecular complexity index is 452. The van der Waals surface area contributed by atoms with Gasteiger partial charge in [0.2, 0.25) is 5.91 Å². The van der Waals surface area contributed by atoms with Gasteiger partial charge in [0.15, 0.2) is 0 Å². The second-order valence-corrected chi connectivity index (χ2v) is 4.38. The molecule has 1 aliphatic heterocycles. The number of esters is 1. The maximum atomic E-state index is 12.0. The molecule has 2 heterocycles. The Hall–Kier alpha value is -1.89. The zero-order valence-corrected chi connectivity index (χ0v) is 10.8. The van der Waals surface area contributed by atoms with Crippen LogP contribution in [0.15, 0.2) is 12.4 Å². The Kier molecular flexibility index (Phi) is 4.51. The SMILES string of the molecule is COC(=O)Cn1cc(NC(=O)C2CCOCC2)cn1. The van der Waals surface area contributed by atoms with Crippen LogP contribution in [0, 0.1) is 5.92 Å². The van der Waals surface area contributed by atoms with Crippen molar-refractivity contribution in [1.29, 1.82) is 0 Å². The van der Waals surface area contributed by atoms with Crippen molar-refractivity contribution in [3.05, 3.63) is 12.4 Å². The van der Waals surface area contributed by atoms with Gasteiger partial charge in [-0.1, -0.05) is 0 Å². The van der Waals surface area contributed by atoms with Gasteiger partial charge in [0, 0.05) is 25.3 Å². The minimum absolute atomic E-state index is 0.0160. The Morgan fingerprint density at radius 2 is 2.26 bits per heavy atom. The Morgan fingerprint density at radius 1 is 1.53 bits per heavy atom. The van der Waals surface area contributed by atoms with Crippen LogP contribution in [0.25, 0.3) is 0 Å². The summed E-state index contributed by atoms with van der Waals surface area (Å²) in [7, 11) is 1.32. The quantitative estimate of drug-likeness (QED) is 0.799. The topological polar surface area (TPSA) is 82.5 Å². The number of methoxy groups -OCH3 is 1. The molecule has 104 valence electrons. The van der Waals surface area contributed by atoms with E-state index in [1.807, 2.05) is 0 Å². The number of carbonyl (C=O) groups is 2. The number of carbonyl (C=O) groups excluding carboxylic acids is 2. The minimum Gasteiger partial charge on any atom is -0.468 e. The number of aromatic nitrogens is 2. The van der Waals surface area contributed by atoms with Crippen molar-refractivity contribution in [2.24, 2.45) is 5.92 Å². The van der Waals surface area contributed by atoms with Crippen molar-refractivity contribution in [2.75, 3.05) is 25.6 Å². The number of hydrogen-bond acceptors (Lipinski definition) is 5. The highest BCUT2D eigenvalue weighted by molar-refractivity contribution is 5.92. The molecule has 1 amide bonds. The van der Waals surface area contributed by atoms with Gasteiger partial charge >= 0.3 is 5.97 Å². The molecule has 19 heavy (non-hydrogen) atoms. The lowest BCUT2D eigenvalue weighted by Crippen LogP contribution is -2.28. The van der Waals surface area contributed by atoms with Crippen molar-refractivity contribution in [3.63, 3.8) is 0 Å². The molecule has 0 bridgehead atoms. The molecule has 1 saturated heterocycles. The second kappa shape index (κ2) is 6.33. The molecular weight excluding hydrogens is 250 g/mol. The first-order valence-electron chi connectivity index (χ1n) is 6.17. The van der Waals surface area contributed by atoms with Crippen LogP contribution in [-0.2, 0) is 25.6 Å². The van der Waals surface area contributed by atoms with E-state index in [1.165, 1.54) is 18.0 Å². The number of ether oxygens (including phenoxy) is 2.